The van der Waals surface area contributed by atoms with Crippen LogP contribution in [0.25, 0.3) is 0 Å². The van der Waals surface area contributed by atoms with E-state index in [2.05, 4.69) is 58.5 Å². The summed E-state index contributed by atoms with van der Waals surface area (Å²) in [4.78, 5) is 174. The Kier molecular flexibility index (Phi) is 38.9. The number of esters is 1. The number of carbonyl (C=O) groups is 12. The normalized spacial score (nSPS) is 19.4. The Morgan fingerprint density at radius 2 is 0.546 bits per heavy atom. The molecule has 0 radical (unpaired) electrons. The van der Waals surface area contributed by atoms with E-state index < -0.39 is 114 Å². The lowest BCUT2D eigenvalue weighted by atomic mass is 9.83. The second-order valence-corrected chi connectivity index (χ2v) is 36.1. The average Bonchev–Trinajstić information content (AvgIpc) is 1.58. The number of unbranched alkanes of at least 4 members (excludes halogenated alkanes) is 3. The summed E-state index contributed by atoms with van der Waals surface area (Å²) in [5, 5.41) is 33.6. The van der Waals surface area contributed by atoms with Crippen LogP contribution >= 0.6 is 0 Å². The van der Waals surface area contributed by atoms with Crippen LogP contribution in [0.15, 0.2) is 182 Å². The summed E-state index contributed by atoms with van der Waals surface area (Å²) in [5.74, 6) is -5.74. The fourth-order valence-corrected chi connectivity index (χ4v) is 19.9. The third-order valence-corrected chi connectivity index (χ3v) is 27.6. The van der Waals surface area contributed by atoms with Gasteiger partial charge in [-0.05, 0) is 183 Å². The minimum atomic E-state index is -1.05. The Morgan fingerprint density at radius 3 is 0.785 bits per heavy atom. The summed E-state index contributed by atoms with van der Waals surface area (Å²) >= 11 is 0. The summed E-state index contributed by atoms with van der Waals surface area (Å²) in [5.41, 5.74) is 5.07. The van der Waals surface area contributed by atoms with Crippen molar-refractivity contribution in [3.05, 3.63) is 215 Å². The highest BCUT2D eigenvalue weighted by Crippen LogP contribution is 2.37. The molecule has 130 heavy (non-hydrogen) atoms. The third-order valence-electron chi connectivity index (χ3n) is 27.6. The molecule has 3 saturated carbocycles. The van der Waals surface area contributed by atoms with Crippen molar-refractivity contribution in [2.45, 2.75) is 272 Å². The number of nitrogens with one attached hydrogen (secondary N) is 11. The number of amides is 11. The largest absolute Gasteiger partial charge is 0.467 e. The third kappa shape index (κ3) is 26.8. The maximum Gasteiger partial charge on any atom is 0.329 e. The Hall–Kier alpha value is -11.2. The van der Waals surface area contributed by atoms with Crippen molar-refractivity contribution in [2.24, 2.45) is 17.8 Å². The maximum absolute atomic E-state index is 14.8. The highest BCUT2D eigenvalue weighted by atomic mass is 16.5. The molecule has 27 heteroatoms. The number of methoxy groups -OCH3 is 1. The van der Waals surface area contributed by atoms with Gasteiger partial charge in [0, 0.05) is 53.3 Å². The van der Waals surface area contributed by atoms with Gasteiger partial charge in [-0.3, -0.25) is 52.7 Å². The van der Waals surface area contributed by atoms with Crippen molar-refractivity contribution >= 4 is 70.9 Å². The number of likely N-dealkylation sites (tertiary alicyclic amines) is 3. The molecule has 0 unspecified atom stereocenters. The molecule has 6 aromatic rings. The Morgan fingerprint density at radius 1 is 0.308 bits per heavy atom. The van der Waals surface area contributed by atoms with E-state index in [4.69, 9.17) is 4.74 Å². The number of ether oxygens (including phenoxy) is 1. The van der Waals surface area contributed by atoms with Crippen molar-refractivity contribution in [1.82, 2.24) is 73.2 Å². The smallest absolute Gasteiger partial charge is 0.329 e. The van der Waals surface area contributed by atoms with E-state index in [1.165, 1.54) is 7.11 Å². The van der Waals surface area contributed by atoms with Gasteiger partial charge in [0.05, 0.1) is 25.2 Å². The molecule has 0 aromatic heterocycles. The fourth-order valence-electron chi connectivity index (χ4n) is 19.9. The monoisotopic (exact) mass is 1790 g/mol. The van der Waals surface area contributed by atoms with Crippen LogP contribution in [0, 0.1) is 17.8 Å². The van der Waals surface area contributed by atoms with Crippen LogP contribution in [0.3, 0.4) is 0 Å². The molecule has 6 aromatic carbocycles. The van der Waals surface area contributed by atoms with Crippen LogP contribution in [0.2, 0.25) is 0 Å². The van der Waals surface area contributed by atoms with Gasteiger partial charge in [-0.25, -0.2) is 4.79 Å². The first-order valence-electron chi connectivity index (χ1n) is 47.8. The molecular formula is C103H144N14O13. The summed E-state index contributed by atoms with van der Waals surface area (Å²) in [6.07, 6.45) is 20.0. The number of hydrogen-bond acceptors (Lipinski definition) is 16. The van der Waals surface area contributed by atoms with E-state index in [9.17, 15) is 57.5 Å². The van der Waals surface area contributed by atoms with Crippen molar-refractivity contribution in [3.8, 4) is 0 Å². The Balaban J connectivity index is 0.000000372. The van der Waals surface area contributed by atoms with E-state index in [1.54, 1.807) is 56.6 Å². The summed E-state index contributed by atoms with van der Waals surface area (Å²) in [6, 6.07) is 48.4. The molecule has 704 valence electrons. The van der Waals surface area contributed by atoms with Gasteiger partial charge in [-0.15, -0.1) is 0 Å². The molecule has 27 nitrogen and oxygen atoms in total. The zero-order chi connectivity index (χ0) is 92.4. The molecule has 3 aliphatic carbocycles. The predicted octanol–water partition coefficient (Wildman–Crippen LogP) is 10.4. The Labute approximate surface area is 770 Å². The SMILES string of the molecule is CN[C@@H](C)C(=O)N[C@H](C(=O)N1CCC[C@H]1C(=O)N[C@H](C(=O)NCCCCCCNC(=O)[C@@H](NC(=O)[C@@H]1CCCN1C(=O)[C@@H](NC(=O)[C@H](C)NC)C1CCCCC1)C(c1ccccc1)c1ccccc1)C(c1ccccc1)c1ccccc1)C1CCCCC1.CN[C@@H](C)C(=O)N[C@H](C(=O)N1CCC[C@H]1C(=O)N[C@H](C(=O)OC)C(c1ccccc1)c1ccccc1)C1CCCCC1.[HH].[HH]. The minimum Gasteiger partial charge on any atom is -0.467 e. The molecule has 6 aliphatic rings. The van der Waals surface area contributed by atoms with Gasteiger partial charge >= 0.3 is 5.97 Å². The van der Waals surface area contributed by atoms with Crippen LogP contribution in [-0.2, 0) is 62.3 Å². The molecule has 3 aliphatic heterocycles. The zero-order valence-corrected chi connectivity index (χ0v) is 77.1. The molecular weight excluding hydrogens is 1640 g/mol. The molecule has 6 fully saturated rings. The van der Waals surface area contributed by atoms with E-state index >= 15 is 0 Å². The second-order valence-electron chi connectivity index (χ2n) is 36.1. The number of benzene rings is 6. The first-order valence-corrected chi connectivity index (χ1v) is 47.8. The van der Waals surface area contributed by atoms with E-state index in [1.807, 2.05) is 182 Å². The van der Waals surface area contributed by atoms with Gasteiger partial charge in [0.25, 0.3) is 0 Å². The van der Waals surface area contributed by atoms with Gasteiger partial charge in [0.15, 0.2) is 0 Å². The number of rotatable bonds is 40. The van der Waals surface area contributed by atoms with Gasteiger partial charge in [0.1, 0.15) is 54.4 Å². The minimum absolute atomic E-state index is 0. The summed E-state index contributed by atoms with van der Waals surface area (Å²) in [7, 11) is 6.42. The lowest BCUT2D eigenvalue weighted by Gasteiger charge is -2.36. The zero-order valence-electron chi connectivity index (χ0n) is 77.1. The van der Waals surface area contributed by atoms with Crippen LogP contribution in [0.4, 0.5) is 0 Å². The highest BCUT2D eigenvalue weighted by molar-refractivity contribution is 5.99. The number of likely N-dealkylation sites (N-methyl/N-ethyl adjacent to an activating group) is 3. The second kappa shape index (κ2) is 50.9. The van der Waals surface area contributed by atoms with Gasteiger partial charge < -0.3 is 77.9 Å². The topological polar surface area (TPSA) is 356 Å². The summed E-state index contributed by atoms with van der Waals surface area (Å²) < 4.78 is 5.18. The number of hydrogen-bond donors (Lipinski definition) is 11. The van der Waals surface area contributed by atoms with Gasteiger partial charge in [0.2, 0.25) is 65.0 Å². The van der Waals surface area contributed by atoms with Crippen molar-refractivity contribution in [3.63, 3.8) is 0 Å². The van der Waals surface area contributed by atoms with Gasteiger partial charge in [-0.2, -0.15) is 0 Å². The molecule has 3 saturated heterocycles. The molecule has 11 N–H and O–H groups in total. The lowest BCUT2D eigenvalue weighted by Crippen LogP contribution is -2.59. The van der Waals surface area contributed by atoms with Crippen LogP contribution in [-0.4, -0.2) is 219 Å². The Bertz CT molecular complexity index is 4320. The number of nitrogens with zero attached hydrogens (tertiary/aromatic N) is 3. The quantitative estimate of drug-likeness (QED) is 0.0126. The van der Waals surface area contributed by atoms with Crippen molar-refractivity contribution < 1.29 is 65.1 Å². The van der Waals surface area contributed by atoms with Crippen molar-refractivity contribution in [1.29, 1.82) is 0 Å². The van der Waals surface area contributed by atoms with Crippen LogP contribution in [0.1, 0.15) is 235 Å². The molecule has 3 heterocycles. The van der Waals surface area contributed by atoms with Crippen LogP contribution < -0.4 is 58.5 Å². The molecule has 12 atom stereocenters. The van der Waals surface area contributed by atoms with E-state index in [0.717, 1.165) is 143 Å². The lowest BCUT2D eigenvalue weighted by molar-refractivity contribution is -0.147. The fraction of sp³-hybridized carbons (Fsp3) is 0.534. The molecule has 0 spiro atoms. The standard InChI is InChI=1S/C70H96N10O8.C33H44N4O5.2H2/c1-47(71-3)63(81)75-59(53-37-21-11-22-38-53)69(87)79-45-27-41-55(79)65(83)77-61(57(49-29-13-7-14-30-49)50-31-15-8-16-32-50)67(85)73-43-25-5-6-26-44-74-68(86)62(58(51-33-17-9-18-34-51)52-35-19-10-20-36-52)78-66(84)56-42-28-46-80(56)70(88)60(54-39-23-12-24-40-54)76-64(82)48(2)72-4;1-22(34-2)30(38)35-28(25-18-11-6-12-19-25)32(40)37-21-13-20-26(37)31(39)36-29(33(41)42-3)27(23-14-7-4-8-15-23)24-16-9-5-10-17-24;;/h7-10,13-20,29-36,47-48,53-62,71-72H,5-6,11-12,21-28,37-46H2,1-4H3,(H,73,85)(H,74,86)(H,75,81)(H,76,82)(H,77,83)(H,78,84);4-5,7-10,14-17,22,25-29,34H,6,11-13,18-21H2,1-3H3,(H,35,38)(H,36,39);2*1H/t47-,48-,55-,56-,59-,60-,61-,62-;22-,26-,28-,29-;;/m00../s1. The van der Waals surface area contributed by atoms with E-state index in [0.29, 0.717) is 84.1 Å². The first-order chi connectivity index (χ1) is 63.1. The highest BCUT2D eigenvalue weighted by Gasteiger charge is 2.48. The number of carbonyl (C=O) groups excluding carboxylic acids is 12. The molecule has 11 amide bonds. The molecule has 0 bridgehead atoms. The van der Waals surface area contributed by atoms with E-state index in [-0.39, 0.29) is 67.9 Å². The molecule has 12 rings (SSSR count). The summed E-state index contributed by atoms with van der Waals surface area (Å²) in [6.45, 7) is 7.06. The maximum atomic E-state index is 14.8. The average molecular weight is 1790 g/mol. The van der Waals surface area contributed by atoms with Crippen LogP contribution in [0.5, 0.6) is 0 Å². The predicted molar refractivity (Wildman–Crippen MR) is 506 cm³/mol. The van der Waals surface area contributed by atoms with Gasteiger partial charge in [-0.1, -0.05) is 253 Å². The first kappa shape index (κ1) is 99.4. The van der Waals surface area contributed by atoms with Crippen molar-refractivity contribution in [2.75, 3.05) is 61.0 Å².